The van der Waals surface area contributed by atoms with Crippen LogP contribution in [0.15, 0.2) is 24.3 Å². The molecule has 1 fully saturated rings. The van der Waals surface area contributed by atoms with Crippen LogP contribution in [-0.4, -0.2) is 63.1 Å². The fraction of sp³-hybridized carbons (Fsp3) is 0.611. The summed E-state index contributed by atoms with van der Waals surface area (Å²) in [4.78, 5) is 14.3. The Hall–Kier alpha value is -1.60. The number of rotatable bonds is 7. The molecular weight excluding hydrogens is 340 g/mol. The zero-order valence-electron chi connectivity index (χ0n) is 15.1. The Kier molecular flexibility index (Phi) is 7.25. The van der Waals surface area contributed by atoms with E-state index < -0.39 is 10.0 Å². The molecule has 0 radical (unpaired) electrons. The van der Waals surface area contributed by atoms with E-state index >= 15 is 0 Å². The van der Waals surface area contributed by atoms with Gasteiger partial charge in [-0.25, -0.2) is 8.42 Å². The molecule has 0 aliphatic carbocycles. The highest BCUT2D eigenvalue weighted by Gasteiger charge is 2.23. The van der Waals surface area contributed by atoms with Crippen molar-refractivity contribution in [3.63, 3.8) is 0 Å². The summed E-state index contributed by atoms with van der Waals surface area (Å²) in [6.45, 7) is 1.66. The van der Waals surface area contributed by atoms with E-state index in [0.29, 0.717) is 6.42 Å². The standard InChI is InChI=1S/C18H28N2O4S/c1-24-17-9-7-8-16(14-17)10-13-20(25(2,22)23)15-18(21)19-11-5-3-4-6-12-19/h7-9,14H,3-6,10-13,15H2,1-2H3. The molecule has 1 aromatic rings. The van der Waals surface area contributed by atoms with Crippen molar-refractivity contribution in [1.82, 2.24) is 9.21 Å². The van der Waals surface area contributed by atoms with Gasteiger partial charge in [-0.3, -0.25) is 4.79 Å². The molecule has 25 heavy (non-hydrogen) atoms. The Morgan fingerprint density at radius 2 is 1.88 bits per heavy atom. The lowest BCUT2D eigenvalue weighted by molar-refractivity contribution is -0.131. The van der Waals surface area contributed by atoms with Gasteiger partial charge in [-0.15, -0.1) is 0 Å². The van der Waals surface area contributed by atoms with Crippen LogP contribution in [0.2, 0.25) is 0 Å². The zero-order valence-corrected chi connectivity index (χ0v) is 15.9. The number of nitrogens with zero attached hydrogens (tertiary/aromatic N) is 2. The fourth-order valence-electron chi connectivity index (χ4n) is 3.01. The average Bonchev–Trinajstić information content (AvgIpc) is 2.87. The highest BCUT2D eigenvalue weighted by Crippen LogP contribution is 2.15. The maximum absolute atomic E-state index is 12.5. The first kappa shape index (κ1) is 19.7. The van der Waals surface area contributed by atoms with Gasteiger partial charge in [0.15, 0.2) is 0 Å². The second-order valence-corrected chi connectivity index (χ2v) is 8.48. The fourth-order valence-corrected chi connectivity index (χ4v) is 3.78. The third-order valence-corrected chi connectivity index (χ3v) is 5.77. The lowest BCUT2D eigenvalue weighted by atomic mass is 10.1. The molecule has 0 atom stereocenters. The first-order valence-corrected chi connectivity index (χ1v) is 10.6. The van der Waals surface area contributed by atoms with E-state index in [1.165, 1.54) is 4.31 Å². The van der Waals surface area contributed by atoms with Gasteiger partial charge >= 0.3 is 0 Å². The molecular formula is C18H28N2O4S. The van der Waals surface area contributed by atoms with Crippen molar-refractivity contribution in [3.8, 4) is 5.75 Å². The summed E-state index contributed by atoms with van der Waals surface area (Å²) in [5.74, 6) is 0.641. The summed E-state index contributed by atoms with van der Waals surface area (Å²) in [5.41, 5.74) is 0.982. The summed E-state index contributed by atoms with van der Waals surface area (Å²) in [6.07, 6.45) is 5.96. The van der Waals surface area contributed by atoms with Gasteiger partial charge in [0.2, 0.25) is 15.9 Å². The molecule has 1 saturated heterocycles. The predicted molar refractivity (Wildman–Crippen MR) is 98.2 cm³/mol. The molecule has 0 aromatic heterocycles. The second kappa shape index (κ2) is 9.20. The van der Waals surface area contributed by atoms with E-state index in [0.717, 1.165) is 56.3 Å². The van der Waals surface area contributed by atoms with E-state index in [9.17, 15) is 13.2 Å². The lowest BCUT2D eigenvalue weighted by Crippen LogP contribution is -2.43. The quantitative estimate of drug-likeness (QED) is 0.737. The van der Waals surface area contributed by atoms with Crippen molar-refractivity contribution < 1.29 is 17.9 Å². The normalized spacial score (nSPS) is 15.9. The number of ether oxygens (including phenoxy) is 1. The van der Waals surface area contributed by atoms with Gasteiger partial charge in [0.05, 0.1) is 19.9 Å². The minimum atomic E-state index is -3.44. The molecule has 2 rings (SSSR count). The summed E-state index contributed by atoms with van der Waals surface area (Å²) in [5, 5.41) is 0. The maximum atomic E-state index is 12.5. The SMILES string of the molecule is COc1cccc(CCN(CC(=O)N2CCCCCC2)S(C)(=O)=O)c1. The van der Waals surface area contributed by atoms with Crippen LogP contribution < -0.4 is 4.74 Å². The van der Waals surface area contributed by atoms with Crippen molar-refractivity contribution in [3.05, 3.63) is 29.8 Å². The number of hydrogen-bond donors (Lipinski definition) is 0. The molecule has 0 unspecified atom stereocenters. The van der Waals surface area contributed by atoms with Crippen molar-refractivity contribution in [2.45, 2.75) is 32.1 Å². The largest absolute Gasteiger partial charge is 0.497 e. The van der Waals surface area contributed by atoms with Crippen molar-refractivity contribution in [2.24, 2.45) is 0 Å². The van der Waals surface area contributed by atoms with E-state index in [2.05, 4.69) is 0 Å². The molecule has 6 nitrogen and oxygen atoms in total. The molecule has 0 N–H and O–H groups in total. The van der Waals surface area contributed by atoms with Crippen molar-refractivity contribution in [2.75, 3.05) is 39.5 Å². The minimum Gasteiger partial charge on any atom is -0.497 e. The third kappa shape index (κ3) is 6.32. The van der Waals surface area contributed by atoms with Crippen LogP contribution in [0.5, 0.6) is 5.75 Å². The summed E-state index contributed by atoms with van der Waals surface area (Å²) < 4.78 is 30.7. The Morgan fingerprint density at radius 3 is 2.48 bits per heavy atom. The van der Waals surface area contributed by atoms with Gasteiger partial charge in [-0.2, -0.15) is 4.31 Å². The monoisotopic (exact) mass is 368 g/mol. The molecule has 1 aromatic carbocycles. The highest BCUT2D eigenvalue weighted by atomic mass is 32.2. The van der Waals surface area contributed by atoms with Crippen LogP contribution in [0.1, 0.15) is 31.2 Å². The average molecular weight is 368 g/mol. The topological polar surface area (TPSA) is 66.9 Å². The van der Waals surface area contributed by atoms with Gasteiger partial charge in [0.25, 0.3) is 0 Å². The molecule has 0 spiro atoms. The molecule has 1 aliphatic heterocycles. The summed E-state index contributed by atoms with van der Waals surface area (Å²) >= 11 is 0. The minimum absolute atomic E-state index is 0.0806. The predicted octanol–water partition coefficient (Wildman–Crippen LogP) is 1.90. The van der Waals surface area contributed by atoms with Crippen molar-refractivity contribution in [1.29, 1.82) is 0 Å². The Labute approximate surface area is 150 Å². The number of amides is 1. The zero-order chi connectivity index (χ0) is 18.3. The number of methoxy groups -OCH3 is 1. The Bertz CT molecular complexity index is 667. The number of carbonyl (C=O) groups is 1. The molecule has 0 saturated carbocycles. The molecule has 1 amide bonds. The molecule has 1 aliphatic rings. The molecule has 1 heterocycles. The Balaban J connectivity index is 1.99. The number of hydrogen-bond acceptors (Lipinski definition) is 4. The maximum Gasteiger partial charge on any atom is 0.237 e. The van der Waals surface area contributed by atoms with E-state index in [-0.39, 0.29) is 19.0 Å². The van der Waals surface area contributed by atoms with Gasteiger partial charge in [-0.1, -0.05) is 25.0 Å². The van der Waals surface area contributed by atoms with Crippen LogP contribution in [-0.2, 0) is 21.2 Å². The first-order chi connectivity index (χ1) is 11.9. The molecule has 0 bridgehead atoms. The van der Waals surface area contributed by atoms with Gasteiger partial charge in [0.1, 0.15) is 5.75 Å². The van der Waals surface area contributed by atoms with Gasteiger partial charge in [-0.05, 0) is 37.0 Å². The highest BCUT2D eigenvalue weighted by molar-refractivity contribution is 7.88. The van der Waals surface area contributed by atoms with Gasteiger partial charge in [0, 0.05) is 19.6 Å². The number of likely N-dealkylation sites (tertiary alicyclic amines) is 1. The van der Waals surface area contributed by atoms with E-state index in [1.807, 2.05) is 24.3 Å². The van der Waals surface area contributed by atoms with Crippen LogP contribution >= 0.6 is 0 Å². The molecule has 140 valence electrons. The number of benzene rings is 1. The van der Waals surface area contributed by atoms with E-state index in [4.69, 9.17) is 4.74 Å². The summed E-state index contributed by atoms with van der Waals surface area (Å²) in [6, 6.07) is 7.54. The summed E-state index contributed by atoms with van der Waals surface area (Å²) in [7, 11) is -1.84. The number of carbonyl (C=O) groups excluding carboxylic acids is 1. The van der Waals surface area contributed by atoms with Crippen LogP contribution in [0.25, 0.3) is 0 Å². The smallest absolute Gasteiger partial charge is 0.237 e. The van der Waals surface area contributed by atoms with Crippen molar-refractivity contribution >= 4 is 15.9 Å². The van der Waals surface area contributed by atoms with Crippen LogP contribution in [0, 0.1) is 0 Å². The van der Waals surface area contributed by atoms with Crippen LogP contribution in [0.4, 0.5) is 0 Å². The first-order valence-electron chi connectivity index (χ1n) is 8.76. The van der Waals surface area contributed by atoms with E-state index in [1.54, 1.807) is 12.0 Å². The van der Waals surface area contributed by atoms with Crippen LogP contribution in [0.3, 0.4) is 0 Å². The molecule has 7 heteroatoms. The number of sulfonamides is 1. The Morgan fingerprint density at radius 1 is 1.20 bits per heavy atom. The van der Waals surface area contributed by atoms with Gasteiger partial charge < -0.3 is 9.64 Å². The lowest BCUT2D eigenvalue weighted by Gasteiger charge is -2.25. The second-order valence-electron chi connectivity index (χ2n) is 6.49. The third-order valence-electron chi connectivity index (χ3n) is 4.52.